The van der Waals surface area contributed by atoms with Crippen molar-refractivity contribution in [2.75, 3.05) is 26.8 Å². The highest BCUT2D eigenvalue weighted by Gasteiger charge is 2.35. The number of nitrogens with one attached hydrogen (secondary N) is 1. The number of hydrogen-bond acceptors (Lipinski definition) is 3. The number of ether oxygens (including phenoxy) is 1. The van der Waals surface area contributed by atoms with Crippen LogP contribution in [-0.2, 0) is 4.74 Å². The van der Waals surface area contributed by atoms with Crippen molar-refractivity contribution in [2.45, 2.75) is 19.9 Å². The fraction of sp³-hybridized carbons (Fsp3) is 0.400. The van der Waals surface area contributed by atoms with E-state index in [0.717, 1.165) is 11.1 Å². The number of urea groups is 1. The van der Waals surface area contributed by atoms with Crippen molar-refractivity contribution in [3.63, 3.8) is 0 Å². The Hall–Kier alpha value is -2.40. The Balaban J connectivity index is 1.77. The minimum absolute atomic E-state index is 0.0577. The lowest BCUT2D eigenvalue weighted by Crippen LogP contribution is -2.51. The molecule has 5 nitrogen and oxygen atoms in total. The smallest absolute Gasteiger partial charge is 0.317 e. The molecular formula is C20H25N3O2. The topological polar surface area (TPSA) is 54.5 Å². The second-order valence-corrected chi connectivity index (χ2v) is 7.23. The lowest BCUT2D eigenvalue weighted by atomic mass is 9.88. The van der Waals surface area contributed by atoms with Gasteiger partial charge >= 0.3 is 6.03 Å². The molecule has 0 saturated carbocycles. The molecule has 1 aromatic carbocycles. The summed E-state index contributed by atoms with van der Waals surface area (Å²) in [6.07, 6.45) is 3.50. The van der Waals surface area contributed by atoms with Crippen LogP contribution in [0.15, 0.2) is 48.8 Å². The van der Waals surface area contributed by atoms with Gasteiger partial charge in [-0.05, 0) is 30.2 Å². The van der Waals surface area contributed by atoms with Gasteiger partial charge in [-0.3, -0.25) is 4.98 Å². The van der Waals surface area contributed by atoms with Crippen molar-refractivity contribution in [3.05, 3.63) is 65.5 Å². The van der Waals surface area contributed by atoms with E-state index < -0.39 is 0 Å². The van der Waals surface area contributed by atoms with E-state index in [1.165, 1.54) is 5.56 Å². The third-order valence-corrected chi connectivity index (χ3v) is 4.58. The summed E-state index contributed by atoms with van der Waals surface area (Å²) >= 11 is 0. The maximum Gasteiger partial charge on any atom is 0.317 e. The van der Waals surface area contributed by atoms with Crippen molar-refractivity contribution in [1.82, 2.24) is 15.2 Å². The zero-order valence-electron chi connectivity index (χ0n) is 15.0. The van der Waals surface area contributed by atoms with E-state index in [1.807, 2.05) is 19.2 Å². The first kappa shape index (κ1) is 17.4. The van der Waals surface area contributed by atoms with Gasteiger partial charge in [0.15, 0.2) is 0 Å². The summed E-state index contributed by atoms with van der Waals surface area (Å²) in [5, 5.41) is 3.16. The molecule has 1 fully saturated rings. The average Bonchev–Trinajstić information content (AvgIpc) is 2.59. The number of benzene rings is 1. The second-order valence-electron chi connectivity index (χ2n) is 7.23. The first-order valence-electron chi connectivity index (χ1n) is 8.53. The lowest BCUT2D eigenvalue weighted by molar-refractivity contribution is -0.108. The normalized spacial score (nSPS) is 16.6. The van der Waals surface area contributed by atoms with Crippen LogP contribution >= 0.6 is 0 Å². The molecule has 1 atom stereocenters. The van der Waals surface area contributed by atoms with Crippen LogP contribution < -0.4 is 5.32 Å². The summed E-state index contributed by atoms with van der Waals surface area (Å²) in [7, 11) is 1.83. The molecule has 0 aliphatic carbocycles. The van der Waals surface area contributed by atoms with E-state index >= 15 is 0 Å². The van der Waals surface area contributed by atoms with Gasteiger partial charge in [-0.25, -0.2) is 4.79 Å². The van der Waals surface area contributed by atoms with Gasteiger partial charge in [0.1, 0.15) is 0 Å². The molecule has 0 radical (unpaired) electrons. The van der Waals surface area contributed by atoms with Crippen LogP contribution in [0.2, 0.25) is 0 Å². The largest absolute Gasteiger partial charge is 0.380 e. The van der Waals surface area contributed by atoms with Crippen LogP contribution in [0, 0.1) is 12.3 Å². The Bertz CT molecular complexity index is 711. The van der Waals surface area contributed by atoms with Gasteiger partial charge in [-0.15, -0.1) is 0 Å². The molecule has 0 spiro atoms. The van der Waals surface area contributed by atoms with Gasteiger partial charge in [0.25, 0.3) is 0 Å². The van der Waals surface area contributed by atoms with Crippen molar-refractivity contribution in [3.8, 4) is 0 Å². The molecular weight excluding hydrogens is 314 g/mol. The molecule has 1 N–H and O–H groups in total. The Morgan fingerprint density at radius 2 is 1.80 bits per heavy atom. The van der Waals surface area contributed by atoms with E-state index in [4.69, 9.17) is 4.74 Å². The number of rotatable bonds is 5. The average molecular weight is 339 g/mol. The number of amides is 2. The minimum atomic E-state index is -0.205. The van der Waals surface area contributed by atoms with Crippen LogP contribution in [0.25, 0.3) is 0 Å². The van der Waals surface area contributed by atoms with Crippen molar-refractivity contribution < 1.29 is 9.53 Å². The number of aryl methyl sites for hydroxylation is 1. The Labute approximate surface area is 149 Å². The summed E-state index contributed by atoms with van der Waals surface area (Å²) in [6, 6.07) is 11.8. The Morgan fingerprint density at radius 1 is 1.20 bits per heavy atom. The van der Waals surface area contributed by atoms with Gasteiger partial charge in [0, 0.05) is 31.4 Å². The highest BCUT2D eigenvalue weighted by Crippen LogP contribution is 2.28. The third-order valence-electron chi connectivity index (χ3n) is 4.58. The van der Waals surface area contributed by atoms with Crippen molar-refractivity contribution in [2.24, 2.45) is 5.41 Å². The van der Waals surface area contributed by atoms with E-state index in [0.29, 0.717) is 19.8 Å². The van der Waals surface area contributed by atoms with Crippen LogP contribution in [-0.4, -0.2) is 42.7 Å². The summed E-state index contributed by atoms with van der Waals surface area (Å²) in [6.45, 7) is 6.28. The number of hydrogen-bond donors (Lipinski definition) is 1. The molecule has 1 aliphatic rings. The molecule has 2 aromatic rings. The van der Waals surface area contributed by atoms with Crippen molar-refractivity contribution >= 4 is 6.03 Å². The SMILES string of the molecule is Cc1ccc(C(NC(=O)N(C)CC2(C)COC2)c2ccncc2)cc1. The Morgan fingerprint density at radius 3 is 2.36 bits per heavy atom. The molecule has 0 bridgehead atoms. The number of aromatic nitrogens is 1. The first-order valence-corrected chi connectivity index (χ1v) is 8.53. The molecule has 132 valence electrons. The fourth-order valence-electron chi connectivity index (χ4n) is 3.09. The number of nitrogens with zero attached hydrogens (tertiary/aromatic N) is 2. The second kappa shape index (κ2) is 7.23. The zero-order valence-corrected chi connectivity index (χ0v) is 15.0. The lowest BCUT2D eigenvalue weighted by Gasteiger charge is -2.41. The van der Waals surface area contributed by atoms with Crippen molar-refractivity contribution in [1.29, 1.82) is 0 Å². The van der Waals surface area contributed by atoms with Gasteiger partial charge in [-0.1, -0.05) is 36.8 Å². The van der Waals surface area contributed by atoms with E-state index in [1.54, 1.807) is 17.3 Å². The highest BCUT2D eigenvalue weighted by atomic mass is 16.5. The molecule has 25 heavy (non-hydrogen) atoms. The molecule has 2 amide bonds. The molecule has 1 aromatic heterocycles. The quantitative estimate of drug-likeness (QED) is 0.910. The molecule has 2 heterocycles. The highest BCUT2D eigenvalue weighted by molar-refractivity contribution is 5.75. The van der Waals surface area contributed by atoms with Gasteiger partial charge < -0.3 is 15.0 Å². The summed E-state index contributed by atoms with van der Waals surface area (Å²) in [5.41, 5.74) is 3.32. The number of carbonyl (C=O) groups is 1. The molecule has 1 unspecified atom stereocenters. The van der Waals surface area contributed by atoms with Crippen LogP contribution in [0.4, 0.5) is 4.79 Å². The standard InChI is InChI=1S/C20H25N3O2/c1-15-4-6-16(7-5-15)18(17-8-10-21-11-9-17)22-19(24)23(3)12-20(2)13-25-14-20/h4-11,18H,12-14H2,1-3H3,(H,22,24). The number of pyridine rings is 1. The van der Waals surface area contributed by atoms with Gasteiger partial charge in [0.2, 0.25) is 0 Å². The predicted octanol–water partition coefficient (Wildman–Crippen LogP) is 3.16. The van der Waals surface area contributed by atoms with Gasteiger partial charge in [0.05, 0.1) is 19.3 Å². The van der Waals surface area contributed by atoms with Gasteiger partial charge in [-0.2, -0.15) is 0 Å². The minimum Gasteiger partial charge on any atom is -0.380 e. The Kier molecular flexibility index (Phi) is 5.04. The zero-order chi connectivity index (χ0) is 17.9. The molecule has 1 aliphatic heterocycles. The third kappa shape index (κ3) is 4.17. The van der Waals surface area contributed by atoms with Crippen LogP contribution in [0.1, 0.15) is 29.7 Å². The van der Waals surface area contributed by atoms with E-state index in [9.17, 15) is 4.79 Å². The van der Waals surface area contributed by atoms with Crippen LogP contribution in [0.5, 0.6) is 0 Å². The summed E-state index contributed by atoms with van der Waals surface area (Å²) < 4.78 is 5.28. The fourth-order valence-corrected chi connectivity index (χ4v) is 3.09. The summed E-state index contributed by atoms with van der Waals surface area (Å²) in [4.78, 5) is 18.6. The summed E-state index contributed by atoms with van der Waals surface area (Å²) in [5.74, 6) is 0. The maximum absolute atomic E-state index is 12.7. The number of carbonyl (C=O) groups excluding carboxylic acids is 1. The van der Waals surface area contributed by atoms with E-state index in [2.05, 4.69) is 48.4 Å². The van der Waals surface area contributed by atoms with E-state index in [-0.39, 0.29) is 17.5 Å². The monoisotopic (exact) mass is 339 g/mol. The molecule has 3 rings (SSSR count). The molecule has 5 heteroatoms. The maximum atomic E-state index is 12.7. The first-order chi connectivity index (χ1) is 12.0. The van der Waals surface area contributed by atoms with Crippen LogP contribution in [0.3, 0.4) is 0 Å². The molecule has 1 saturated heterocycles. The predicted molar refractivity (Wildman–Crippen MR) is 97.3 cm³/mol.